The Bertz CT molecular complexity index is 1330. The normalized spacial score (nSPS) is 12.9. The van der Waals surface area contributed by atoms with Gasteiger partial charge in [-0.2, -0.15) is 0 Å². The van der Waals surface area contributed by atoms with Gasteiger partial charge in [0.2, 0.25) is 0 Å². The molecular weight excluding hydrogens is 386 g/mol. The molecule has 0 bridgehead atoms. The monoisotopic (exact) mass is 419 g/mol. The van der Waals surface area contributed by atoms with Crippen LogP contribution in [-0.2, 0) is 12.8 Å². The van der Waals surface area contributed by atoms with Gasteiger partial charge in [0.15, 0.2) is 0 Å². The van der Waals surface area contributed by atoms with E-state index in [0.717, 1.165) is 18.5 Å². The molecule has 0 saturated heterocycles. The van der Waals surface area contributed by atoms with E-state index >= 15 is 0 Å². The summed E-state index contributed by atoms with van der Waals surface area (Å²) in [7, 11) is 0. The third kappa shape index (κ3) is 3.86. The summed E-state index contributed by atoms with van der Waals surface area (Å²) < 4.78 is 0. The van der Waals surface area contributed by atoms with Gasteiger partial charge in [0, 0.05) is 17.1 Å². The summed E-state index contributed by atoms with van der Waals surface area (Å²) in [5, 5.41) is 2.56. The first-order valence-corrected chi connectivity index (χ1v) is 11.7. The maximum absolute atomic E-state index is 4.93. The minimum atomic E-state index is 0.241. The van der Waals surface area contributed by atoms with Crippen LogP contribution in [0.4, 0.5) is 0 Å². The van der Waals surface area contributed by atoms with Gasteiger partial charge in [0.05, 0.1) is 5.69 Å². The molecule has 162 valence electrons. The highest BCUT2D eigenvalue weighted by atomic mass is 14.7. The highest BCUT2D eigenvalue weighted by molar-refractivity contribution is 6.12. The number of pyridine rings is 1. The summed E-state index contributed by atoms with van der Waals surface area (Å²) >= 11 is 0. The maximum Gasteiger partial charge on any atom is 0.0792 e. The van der Waals surface area contributed by atoms with E-state index in [1.54, 1.807) is 0 Å². The van der Waals surface area contributed by atoms with Crippen LogP contribution in [0.3, 0.4) is 0 Å². The molecule has 0 unspecified atom stereocenters. The fourth-order valence-electron chi connectivity index (χ4n) is 5.21. The molecule has 1 heteroatoms. The Labute approximate surface area is 192 Å². The van der Waals surface area contributed by atoms with Crippen molar-refractivity contribution in [2.45, 2.75) is 54.4 Å². The first kappa shape index (κ1) is 20.9. The van der Waals surface area contributed by atoms with Gasteiger partial charge in [-0.15, -0.1) is 0 Å². The van der Waals surface area contributed by atoms with E-state index in [0.29, 0.717) is 0 Å². The lowest BCUT2D eigenvalue weighted by molar-refractivity contribution is 0.411. The summed E-state index contributed by atoms with van der Waals surface area (Å²) in [5.74, 6) is 0. The zero-order valence-corrected chi connectivity index (χ0v) is 20.2. The molecule has 1 nitrogen and oxygen atoms in total. The van der Waals surface area contributed by atoms with Crippen molar-refractivity contribution in [1.29, 1.82) is 0 Å². The molecule has 1 heterocycles. The Balaban J connectivity index is 1.83. The fourth-order valence-corrected chi connectivity index (χ4v) is 5.21. The maximum atomic E-state index is 4.93. The smallest absolute Gasteiger partial charge is 0.0792 e. The highest BCUT2D eigenvalue weighted by Crippen LogP contribution is 2.47. The van der Waals surface area contributed by atoms with Gasteiger partial charge in [-0.1, -0.05) is 96.1 Å². The van der Waals surface area contributed by atoms with Crippen LogP contribution in [0.2, 0.25) is 0 Å². The van der Waals surface area contributed by atoms with E-state index in [1.165, 1.54) is 49.7 Å². The van der Waals surface area contributed by atoms with Crippen molar-refractivity contribution in [2.75, 3.05) is 0 Å². The van der Waals surface area contributed by atoms with Crippen molar-refractivity contribution < 1.29 is 0 Å². The Hall–Kier alpha value is -2.93. The second-order valence-corrected chi connectivity index (χ2v) is 11.8. The second-order valence-electron chi connectivity index (χ2n) is 11.8. The Morgan fingerprint density at radius 2 is 1.22 bits per heavy atom. The minimum Gasteiger partial charge on any atom is -0.256 e. The van der Waals surface area contributed by atoms with Crippen LogP contribution in [-0.4, -0.2) is 4.98 Å². The van der Waals surface area contributed by atoms with Gasteiger partial charge in [-0.05, 0) is 68.5 Å². The van der Waals surface area contributed by atoms with E-state index < -0.39 is 0 Å². The van der Waals surface area contributed by atoms with Crippen LogP contribution in [0.1, 0.15) is 52.7 Å². The SMILES string of the molecule is CC(C)(C)Cc1ccc2c(c1)-c1ccccc1-c1cc(CC(C)(C)C)cc3ccnc-2c13. The van der Waals surface area contributed by atoms with Crippen molar-refractivity contribution in [3.05, 3.63) is 78.0 Å². The van der Waals surface area contributed by atoms with E-state index in [-0.39, 0.29) is 10.8 Å². The largest absolute Gasteiger partial charge is 0.256 e. The Kier molecular flexibility index (Phi) is 4.78. The van der Waals surface area contributed by atoms with Crippen LogP contribution < -0.4 is 0 Å². The number of hydrogen-bond acceptors (Lipinski definition) is 1. The Morgan fingerprint density at radius 3 is 1.91 bits per heavy atom. The molecule has 3 aromatic carbocycles. The van der Waals surface area contributed by atoms with Crippen LogP contribution in [0.5, 0.6) is 0 Å². The molecule has 0 aliphatic heterocycles. The third-order valence-electron chi connectivity index (χ3n) is 6.24. The van der Waals surface area contributed by atoms with Crippen LogP contribution >= 0.6 is 0 Å². The molecule has 1 aliphatic carbocycles. The summed E-state index contributed by atoms with van der Waals surface area (Å²) in [6.45, 7) is 13.9. The Morgan fingerprint density at radius 1 is 0.594 bits per heavy atom. The summed E-state index contributed by atoms with van der Waals surface area (Å²) in [6.07, 6.45) is 4.09. The van der Waals surface area contributed by atoms with Crippen molar-refractivity contribution in [1.82, 2.24) is 4.98 Å². The van der Waals surface area contributed by atoms with Crippen LogP contribution in [0.15, 0.2) is 66.9 Å². The van der Waals surface area contributed by atoms with Crippen molar-refractivity contribution in [3.63, 3.8) is 0 Å². The molecule has 0 atom stereocenters. The van der Waals surface area contributed by atoms with Crippen LogP contribution in [0.25, 0.3) is 44.3 Å². The lowest BCUT2D eigenvalue weighted by atomic mass is 9.85. The molecule has 4 aromatic rings. The third-order valence-corrected chi connectivity index (χ3v) is 6.24. The van der Waals surface area contributed by atoms with Gasteiger partial charge < -0.3 is 0 Å². The lowest BCUT2D eigenvalue weighted by Crippen LogP contribution is -2.09. The molecule has 5 rings (SSSR count). The van der Waals surface area contributed by atoms with Crippen molar-refractivity contribution in [3.8, 4) is 33.5 Å². The van der Waals surface area contributed by atoms with Crippen LogP contribution in [0, 0.1) is 10.8 Å². The first-order chi connectivity index (χ1) is 15.1. The number of benzene rings is 3. The average molecular weight is 420 g/mol. The van der Waals surface area contributed by atoms with Gasteiger partial charge in [0.1, 0.15) is 0 Å². The molecule has 0 radical (unpaired) electrons. The van der Waals surface area contributed by atoms with Gasteiger partial charge in [-0.25, -0.2) is 0 Å². The van der Waals surface area contributed by atoms with E-state index in [2.05, 4.69) is 102 Å². The number of aromatic nitrogens is 1. The molecule has 1 aliphatic rings. The number of hydrogen-bond donors (Lipinski definition) is 0. The number of nitrogens with zero attached hydrogens (tertiary/aromatic N) is 1. The molecule has 0 fully saturated rings. The van der Waals surface area contributed by atoms with E-state index in [4.69, 9.17) is 4.98 Å². The predicted octanol–water partition coefficient (Wildman–Crippen LogP) is 8.73. The zero-order chi connectivity index (χ0) is 22.7. The molecule has 0 spiro atoms. The number of rotatable bonds is 2. The van der Waals surface area contributed by atoms with Crippen molar-refractivity contribution in [2.24, 2.45) is 10.8 Å². The summed E-state index contributed by atoms with van der Waals surface area (Å²) in [4.78, 5) is 4.93. The first-order valence-electron chi connectivity index (χ1n) is 11.7. The molecular formula is C31H33N. The van der Waals surface area contributed by atoms with Gasteiger partial charge in [0.25, 0.3) is 0 Å². The van der Waals surface area contributed by atoms with Gasteiger partial charge >= 0.3 is 0 Å². The van der Waals surface area contributed by atoms with Crippen molar-refractivity contribution >= 4 is 10.8 Å². The second kappa shape index (κ2) is 7.30. The zero-order valence-electron chi connectivity index (χ0n) is 20.2. The molecule has 32 heavy (non-hydrogen) atoms. The van der Waals surface area contributed by atoms with E-state index in [9.17, 15) is 0 Å². The fraction of sp³-hybridized carbons (Fsp3) is 0.323. The highest BCUT2D eigenvalue weighted by Gasteiger charge is 2.24. The summed E-state index contributed by atoms with van der Waals surface area (Å²) in [5.41, 5.74) is 10.9. The quantitative estimate of drug-likeness (QED) is 0.279. The molecule has 0 amide bonds. The summed E-state index contributed by atoms with van der Waals surface area (Å²) in [6, 6.07) is 22.9. The average Bonchev–Trinajstić information content (AvgIpc) is 2.81. The topological polar surface area (TPSA) is 12.9 Å². The predicted molar refractivity (Wildman–Crippen MR) is 138 cm³/mol. The number of fused-ring (bicyclic) bond motifs is 5. The standard InChI is InChI=1S/C31H33N/c1-30(2,3)18-20-11-12-25-26(16-20)23-9-7-8-10-24(23)27-17-21(19-31(4,5)6)15-22-13-14-32-29(25)28(22)27/h7-17H,18-19H2,1-6H3. The minimum absolute atomic E-state index is 0.241. The lowest BCUT2D eigenvalue weighted by Gasteiger charge is -2.20. The molecule has 0 saturated carbocycles. The van der Waals surface area contributed by atoms with E-state index in [1.807, 2.05) is 6.20 Å². The van der Waals surface area contributed by atoms with Gasteiger partial charge in [-0.3, -0.25) is 4.98 Å². The molecule has 0 N–H and O–H groups in total. The molecule has 1 aromatic heterocycles.